The molecule has 2 N–H and O–H groups in total. The van der Waals surface area contributed by atoms with Gasteiger partial charge in [0.15, 0.2) is 11.6 Å². The van der Waals surface area contributed by atoms with Crippen LogP contribution in [-0.2, 0) is 18.9 Å². The van der Waals surface area contributed by atoms with E-state index in [-0.39, 0.29) is 0 Å². The molecule has 0 amide bonds. The van der Waals surface area contributed by atoms with E-state index in [9.17, 15) is 10.2 Å². The highest BCUT2D eigenvalue weighted by Crippen LogP contribution is 2.43. The summed E-state index contributed by atoms with van der Waals surface area (Å²) in [5, 5.41) is 20.6. The minimum atomic E-state index is -0.869. The highest BCUT2D eigenvalue weighted by Gasteiger charge is 2.62. The molecule has 0 spiro atoms. The molecule has 104 valence electrons. The molecule has 0 aromatic heterocycles. The summed E-state index contributed by atoms with van der Waals surface area (Å²) in [5.74, 6) is -1.63. The molecule has 0 radical (unpaired) electrons. The zero-order valence-electron chi connectivity index (χ0n) is 11.0. The molecular formula is C12H20O6. The lowest BCUT2D eigenvalue weighted by atomic mass is 9.85. The van der Waals surface area contributed by atoms with E-state index in [1.165, 1.54) is 0 Å². The predicted octanol–water partition coefficient (Wildman–Crippen LogP) is -0.238. The van der Waals surface area contributed by atoms with Crippen LogP contribution in [0.1, 0.15) is 27.7 Å². The van der Waals surface area contributed by atoms with Gasteiger partial charge in [0.05, 0.1) is 0 Å². The zero-order chi connectivity index (χ0) is 13.3. The van der Waals surface area contributed by atoms with Gasteiger partial charge in [0.25, 0.3) is 0 Å². The molecule has 0 aromatic rings. The quantitative estimate of drug-likeness (QED) is 0.626. The fourth-order valence-corrected chi connectivity index (χ4v) is 3.06. The molecule has 3 aliphatic rings. The summed E-state index contributed by atoms with van der Waals surface area (Å²) in [6.07, 6.45) is -4.09. The monoisotopic (exact) mass is 260 g/mol. The lowest BCUT2D eigenvalue weighted by molar-refractivity contribution is -0.183. The van der Waals surface area contributed by atoms with Gasteiger partial charge in [0.2, 0.25) is 0 Å². The summed E-state index contributed by atoms with van der Waals surface area (Å²) < 4.78 is 22.6. The Balaban J connectivity index is 1.88. The van der Waals surface area contributed by atoms with Crippen LogP contribution in [0.3, 0.4) is 0 Å². The van der Waals surface area contributed by atoms with Gasteiger partial charge < -0.3 is 29.2 Å². The van der Waals surface area contributed by atoms with E-state index in [4.69, 9.17) is 18.9 Å². The fourth-order valence-electron chi connectivity index (χ4n) is 3.06. The fraction of sp³-hybridized carbons (Fsp3) is 1.00. The zero-order valence-corrected chi connectivity index (χ0v) is 11.0. The molecule has 2 aliphatic heterocycles. The predicted molar refractivity (Wildman–Crippen MR) is 59.7 cm³/mol. The van der Waals surface area contributed by atoms with E-state index in [1.54, 1.807) is 27.7 Å². The third-order valence-electron chi connectivity index (χ3n) is 3.67. The molecule has 18 heavy (non-hydrogen) atoms. The van der Waals surface area contributed by atoms with Crippen molar-refractivity contribution in [1.29, 1.82) is 0 Å². The second-order valence-corrected chi connectivity index (χ2v) is 6.11. The van der Waals surface area contributed by atoms with Crippen molar-refractivity contribution in [2.24, 2.45) is 0 Å². The minimum Gasteiger partial charge on any atom is -0.387 e. The Morgan fingerprint density at radius 2 is 0.833 bits per heavy atom. The Morgan fingerprint density at radius 3 is 1.06 bits per heavy atom. The van der Waals surface area contributed by atoms with Crippen LogP contribution in [0.15, 0.2) is 0 Å². The third-order valence-corrected chi connectivity index (χ3v) is 3.67. The lowest BCUT2D eigenvalue weighted by Crippen LogP contribution is -2.61. The van der Waals surface area contributed by atoms with E-state index in [2.05, 4.69) is 0 Å². The summed E-state index contributed by atoms with van der Waals surface area (Å²) in [4.78, 5) is 0. The van der Waals surface area contributed by atoms with Crippen LogP contribution in [0.4, 0.5) is 0 Å². The number of ether oxygens (including phenoxy) is 4. The van der Waals surface area contributed by atoms with Crippen molar-refractivity contribution in [2.45, 2.75) is 75.9 Å². The Labute approximate surface area is 106 Å². The van der Waals surface area contributed by atoms with Crippen molar-refractivity contribution >= 4 is 0 Å². The second kappa shape index (κ2) is 3.65. The molecule has 6 nitrogen and oxygen atoms in total. The minimum absolute atomic E-state index is 0.589. The maximum Gasteiger partial charge on any atom is 0.164 e. The first kappa shape index (κ1) is 12.8. The largest absolute Gasteiger partial charge is 0.387 e. The normalized spacial score (nSPS) is 53.0. The molecule has 3 rings (SSSR count). The number of aliphatic hydroxyl groups is 2. The number of fused-ring (bicyclic) bond motifs is 2. The molecule has 3 fully saturated rings. The molecule has 1 saturated carbocycles. The van der Waals surface area contributed by atoms with Gasteiger partial charge in [-0.25, -0.2) is 0 Å². The molecule has 0 bridgehead atoms. The summed E-state index contributed by atoms with van der Waals surface area (Å²) >= 11 is 0. The molecule has 1 aliphatic carbocycles. The van der Waals surface area contributed by atoms with Crippen LogP contribution in [0.5, 0.6) is 0 Å². The summed E-state index contributed by atoms with van der Waals surface area (Å²) in [7, 11) is 0. The van der Waals surface area contributed by atoms with Gasteiger partial charge in [-0.05, 0) is 27.7 Å². The SMILES string of the molecule is CC1(C)OC2C(O)[C@H]3OC(C)(C)O[C@H]3C(O)[C@@H]2O1. The van der Waals surface area contributed by atoms with Crippen molar-refractivity contribution < 1.29 is 29.2 Å². The summed E-state index contributed by atoms with van der Waals surface area (Å²) in [6.45, 7) is 7.02. The summed E-state index contributed by atoms with van der Waals surface area (Å²) in [6, 6.07) is 0. The van der Waals surface area contributed by atoms with Gasteiger partial charge in [-0.3, -0.25) is 0 Å². The van der Waals surface area contributed by atoms with Crippen LogP contribution in [0.2, 0.25) is 0 Å². The smallest absolute Gasteiger partial charge is 0.164 e. The molecule has 3 unspecified atom stereocenters. The van der Waals surface area contributed by atoms with Crippen LogP contribution in [-0.4, -0.2) is 58.4 Å². The maximum atomic E-state index is 10.3. The molecule has 0 aromatic carbocycles. The molecule has 6 heteroatoms. The van der Waals surface area contributed by atoms with E-state index in [1.807, 2.05) is 0 Å². The van der Waals surface area contributed by atoms with Crippen molar-refractivity contribution in [2.75, 3.05) is 0 Å². The van der Waals surface area contributed by atoms with E-state index in [0.717, 1.165) is 0 Å². The van der Waals surface area contributed by atoms with Crippen LogP contribution >= 0.6 is 0 Å². The van der Waals surface area contributed by atoms with E-state index < -0.39 is 48.2 Å². The van der Waals surface area contributed by atoms with Gasteiger partial charge >= 0.3 is 0 Å². The van der Waals surface area contributed by atoms with E-state index in [0.29, 0.717) is 0 Å². The van der Waals surface area contributed by atoms with E-state index >= 15 is 0 Å². The number of rotatable bonds is 0. The average Bonchev–Trinajstić information content (AvgIpc) is 2.72. The van der Waals surface area contributed by atoms with Gasteiger partial charge in [-0.2, -0.15) is 0 Å². The van der Waals surface area contributed by atoms with Gasteiger partial charge in [0, 0.05) is 0 Å². The first-order valence-corrected chi connectivity index (χ1v) is 6.28. The van der Waals surface area contributed by atoms with Gasteiger partial charge in [0.1, 0.15) is 36.6 Å². The molecule has 2 heterocycles. The standard InChI is InChI=1S/C12H20O6/c1-11(2)15-7-5(13)9-10(6(14)8(7)16-11)18-12(3,4)17-9/h5-10,13-14H,1-4H3/t5?,6?,7-,8+,9-,10?/m0/s1. The van der Waals surface area contributed by atoms with Gasteiger partial charge in [-0.15, -0.1) is 0 Å². The Hall–Kier alpha value is -0.240. The van der Waals surface area contributed by atoms with Gasteiger partial charge in [-0.1, -0.05) is 0 Å². The average molecular weight is 260 g/mol. The second-order valence-electron chi connectivity index (χ2n) is 6.11. The molecule has 2 saturated heterocycles. The molecule has 6 atom stereocenters. The van der Waals surface area contributed by atoms with Crippen LogP contribution in [0.25, 0.3) is 0 Å². The maximum absolute atomic E-state index is 10.3. The highest BCUT2D eigenvalue weighted by molar-refractivity contribution is 5.07. The van der Waals surface area contributed by atoms with Crippen molar-refractivity contribution in [1.82, 2.24) is 0 Å². The highest BCUT2D eigenvalue weighted by atomic mass is 16.8. The lowest BCUT2D eigenvalue weighted by Gasteiger charge is -2.38. The van der Waals surface area contributed by atoms with Crippen molar-refractivity contribution in [3.8, 4) is 0 Å². The Morgan fingerprint density at radius 1 is 0.611 bits per heavy atom. The molecular weight excluding hydrogens is 240 g/mol. The Kier molecular flexibility index (Phi) is 2.59. The van der Waals surface area contributed by atoms with Crippen molar-refractivity contribution in [3.63, 3.8) is 0 Å². The number of aliphatic hydroxyl groups excluding tert-OH is 2. The Bertz CT molecular complexity index is 292. The van der Waals surface area contributed by atoms with Crippen LogP contribution < -0.4 is 0 Å². The third kappa shape index (κ3) is 1.79. The van der Waals surface area contributed by atoms with Crippen molar-refractivity contribution in [3.05, 3.63) is 0 Å². The topological polar surface area (TPSA) is 77.4 Å². The summed E-state index contributed by atoms with van der Waals surface area (Å²) in [5.41, 5.74) is 0. The number of hydrogen-bond acceptors (Lipinski definition) is 6. The van der Waals surface area contributed by atoms with Crippen LogP contribution in [0, 0.1) is 0 Å². The number of hydrogen-bond donors (Lipinski definition) is 2. The first-order chi connectivity index (χ1) is 8.20. The first-order valence-electron chi connectivity index (χ1n) is 6.28.